The number of hydrogen-bond donors (Lipinski definition) is 1. The number of aromatic nitrogens is 1. The fourth-order valence-electron chi connectivity index (χ4n) is 1.62. The molecule has 0 aliphatic carbocycles. The van der Waals surface area contributed by atoms with Gasteiger partial charge in [-0.1, -0.05) is 0 Å². The van der Waals surface area contributed by atoms with Crippen molar-refractivity contribution in [2.75, 3.05) is 13.7 Å². The van der Waals surface area contributed by atoms with E-state index in [9.17, 15) is 0 Å². The van der Waals surface area contributed by atoms with Gasteiger partial charge in [-0.25, -0.2) is 4.98 Å². The van der Waals surface area contributed by atoms with Crippen molar-refractivity contribution in [3.05, 3.63) is 15.6 Å². The van der Waals surface area contributed by atoms with Gasteiger partial charge in [-0.2, -0.15) is 0 Å². The van der Waals surface area contributed by atoms with Crippen molar-refractivity contribution in [3.8, 4) is 0 Å². The van der Waals surface area contributed by atoms with E-state index >= 15 is 0 Å². The van der Waals surface area contributed by atoms with Crippen LogP contribution >= 0.6 is 11.3 Å². The molecular weight excluding hydrogens is 220 g/mol. The molecule has 92 valence electrons. The highest BCUT2D eigenvalue weighted by atomic mass is 32.1. The number of rotatable bonds is 5. The Labute approximate surface area is 102 Å². The monoisotopic (exact) mass is 242 g/mol. The molecule has 1 heterocycles. The first kappa shape index (κ1) is 13.6. The summed E-state index contributed by atoms with van der Waals surface area (Å²) in [5, 5.41) is 4.31. The Morgan fingerprint density at radius 1 is 1.50 bits per heavy atom. The molecule has 1 N–H and O–H groups in total. The van der Waals surface area contributed by atoms with Gasteiger partial charge in [-0.3, -0.25) is 0 Å². The molecule has 0 fully saturated rings. The minimum absolute atomic E-state index is 0.282. The van der Waals surface area contributed by atoms with Crippen molar-refractivity contribution in [1.82, 2.24) is 10.3 Å². The smallest absolute Gasteiger partial charge is 0.125 e. The zero-order valence-corrected chi connectivity index (χ0v) is 11.9. The highest BCUT2D eigenvalue weighted by Crippen LogP contribution is 2.33. The molecule has 1 aromatic rings. The number of nitrogens with one attached hydrogen (secondary N) is 1. The van der Waals surface area contributed by atoms with Crippen LogP contribution in [0.25, 0.3) is 0 Å². The SMILES string of the molecule is CCOC(C)(C)c1nc(C)c(C(C)NC)s1. The molecule has 0 aliphatic rings. The summed E-state index contributed by atoms with van der Waals surface area (Å²) in [5.74, 6) is 0. The Kier molecular flexibility index (Phi) is 4.47. The lowest BCUT2D eigenvalue weighted by Crippen LogP contribution is -2.21. The average Bonchev–Trinajstić information content (AvgIpc) is 2.60. The van der Waals surface area contributed by atoms with E-state index in [0.29, 0.717) is 12.6 Å². The van der Waals surface area contributed by atoms with E-state index in [1.807, 2.05) is 14.0 Å². The molecule has 0 amide bonds. The van der Waals surface area contributed by atoms with Crippen LogP contribution in [0.2, 0.25) is 0 Å². The summed E-state index contributed by atoms with van der Waals surface area (Å²) >= 11 is 1.74. The van der Waals surface area contributed by atoms with Gasteiger partial charge in [0.2, 0.25) is 0 Å². The molecule has 1 rings (SSSR count). The highest BCUT2D eigenvalue weighted by Gasteiger charge is 2.26. The van der Waals surface area contributed by atoms with Crippen molar-refractivity contribution >= 4 is 11.3 Å². The average molecular weight is 242 g/mol. The molecule has 0 spiro atoms. The first-order chi connectivity index (χ1) is 7.42. The molecule has 0 aromatic carbocycles. The van der Waals surface area contributed by atoms with Gasteiger partial charge in [0.15, 0.2) is 0 Å². The van der Waals surface area contributed by atoms with Gasteiger partial charge >= 0.3 is 0 Å². The maximum atomic E-state index is 5.72. The van der Waals surface area contributed by atoms with Gasteiger partial charge in [-0.15, -0.1) is 11.3 Å². The minimum Gasteiger partial charge on any atom is -0.369 e. The van der Waals surface area contributed by atoms with E-state index in [-0.39, 0.29) is 5.60 Å². The van der Waals surface area contributed by atoms with Crippen molar-refractivity contribution in [3.63, 3.8) is 0 Å². The molecular formula is C12H22N2OS. The van der Waals surface area contributed by atoms with E-state index in [0.717, 1.165) is 10.7 Å². The van der Waals surface area contributed by atoms with Crippen molar-refractivity contribution in [2.45, 2.75) is 46.3 Å². The molecule has 0 radical (unpaired) electrons. The lowest BCUT2D eigenvalue weighted by atomic mass is 10.1. The third kappa shape index (κ3) is 2.81. The molecule has 0 bridgehead atoms. The predicted octanol–water partition coefficient (Wildman–Crippen LogP) is 3.00. The van der Waals surface area contributed by atoms with Crippen molar-refractivity contribution in [2.24, 2.45) is 0 Å². The van der Waals surface area contributed by atoms with Crippen LogP contribution in [-0.2, 0) is 10.3 Å². The van der Waals surface area contributed by atoms with Crippen LogP contribution in [-0.4, -0.2) is 18.6 Å². The second kappa shape index (κ2) is 5.25. The lowest BCUT2D eigenvalue weighted by Gasteiger charge is -2.21. The lowest BCUT2D eigenvalue weighted by molar-refractivity contribution is -0.0142. The van der Waals surface area contributed by atoms with Crippen LogP contribution in [0, 0.1) is 6.92 Å². The molecule has 4 heteroatoms. The van der Waals surface area contributed by atoms with Crippen LogP contribution in [0.3, 0.4) is 0 Å². The number of thiazole rings is 1. The standard InChI is InChI=1S/C12H22N2OS/c1-7-15-12(4,5)11-14-9(3)10(16-11)8(2)13-6/h8,13H,7H2,1-6H3. The number of ether oxygens (including phenoxy) is 1. The maximum absolute atomic E-state index is 5.72. The zero-order chi connectivity index (χ0) is 12.3. The summed E-state index contributed by atoms with van der Waals surface area (Å²) in [6.45, 7) is 11.1. The molecule has 0 aliphatic heterocycles. The second-order valence-electron chi connectivity index (χ2n) is 4.42. The molecule has 3 nitrogen and oxygen atoms in total. The van der Waals surface area contributed by atoms with Crippen LogP contribution in [0.15, 0.2) is 0 Å². The predicted molar refractivity (Wildman–Crippen MR) is 69.0 cm³/mol. The molecule has 1 atom stereocenters. The first-order valence-corrected chi connectivity index (χ1v) is 6.53. The van der Waals surface area contributed by atoms with Crippen LogP contribution in [0.5, 0.6) is 0 Å². The van der Waals surface area contributed by atoms with Crippen molar-refractivity contribution < 1.29 is 4.74 Å². The number of hydrogen-bond acceptors (Lipinski definition) is 4. The van der Waals surface area contributed by atoms with E-state index in [1.165, 1.54) is 4.88 Å². The maximum Gasteiger partial charge on any atom is 0.125 e. The normalized spacial score (nSPS) is 14.1. The third-order valence-corrected chi connectivity index (χ3v) is 4.32. The second-order valence-corrected chi connectivity index (χ2v) is 5.45. The van der Waals surface area contributed by atoms with Crippen molar-refractivity contribution in [1.29, 1.82) is 0 Å². The highest BCUT2D eigenvalue weighted by molar-refractivity contribution is 7.12. The van der Waals surface area contributed by atoms with E-state index in [2.05, 4.69) is 38.0 Å². The Morgan fingerprint density at radius 3 is 2.62 bits per heavy atom. The zero-order valence-electron chi connectivity index (χ0n) is 11.0. The quantitative estimate of drug-likeness (QED) is 0.862. The Hall–Kier alpha value is -0.450. The van der Waals surface area contributed by atoms with Gasteiger partial charge in [0, 0.05) is 17.5 Å². The van der Waals surface area contributed by atoms with Gasteiger partial charge in [0.05, 0.1) is 5.69 Å². The Balaban J connectivity index is 3.00. The fraction of sp³-hybridized carbons (Fsp3) is 0.750. The van der Waals surface area contributed by atoms with E-state index < -0.39 is 0 Å². The van der Waals surface area contributed by atoms with Gasteiger partial charge in [0.25, 0.3) is 0 Å². The Bertz CT molecular complexity index is 347. The molecule has 1 aromatic heterocycles. The number of aryl methyl sites for hydroxylation is 1. The van der Waals surface area contributed by atoms with Gasteiger partial charge < -0.3 is 10.1 Å². The molecule has 16 heavy (non-hydrogen) atoms. The topological polar surface area (TPSA) is 34.1 Å². The van der Waals surface area contributed by atoms with E-state index in [4.69, 9.17) is 4.74 Å². The first-order valence-electron chi connectivity index (χ1n) is 5.71. The molecule has 1 unspecified atom stereocenters. The minimum atomic E-state index is -0.282. The molecule has 0 saturated carbocycles. The fourth-order valence-corrected chi connectivity index (χ4v) is 2.80. The van der Waals surface area contributed by atoms with Crippen LogP contribution in [0.1, 0.15) is 49.3 Å². The largest absolute Gasteiger partial charge is 0.369 e. The summed E-state index contributed by atoms with van der Waals surface area (Å²) in [4.78, 5) is 5.92. The summed E-state index contributed by atoms with van der Waals surface area (Å²) in [6.07, 6.45) is 0. The summed E-state index contributed by atoms with van der Waals surface area (Å²) < 4.78 is 5.72. The summed E-state index contributed by atoms with van der Waals surface area (Å²) in [7, 11) is 1.97. The van der Waals surface area contributed by atoms with Gasteiger partial charge in [-0.05, 0) is 41.7 Å². The summed E-state index contributed by atoms with van der Waals surface area (Å²) in [6, 6.07) is 0.351. The Morgan fingerprint density at radius 2 is 2.12 bits per heavy atom. The summed E-state index contributed by atoms with van der Waals surface area (Å²) in [5.41, 5.74) is 0.824. The van der Waals surface area contributed by atoms with Crippen LogP contribution in [0.4, 0.5) is 0 Å². The van der Waals surface area contributed by atoms with Crippen LogP contribution < -0.4 is 5.32 Å². The third-order valence-electron chi connectivity index (χ3n) is 2.68. The molecule has 0 saturated heterocycles. The van der Waals surface area contributed by atoms with Gasteiger partial charge in [0.1, 0.15) is 10.6 Å². The number of nitrogens with zero attached hydrogens (tertiary/aromatic N) is 1. The van der Waals surface area contributed by atoms with E-state index in [1.54, 1.807) is 11.3 Å².